The molecule has 20 heavy (non-hydrogen) atoms. The first-order valence-corrected chi connectivity index (χ1v) is 9.30. The third kappa shape index (κ3) is 2.88. The maximum Gasteiger partial charge on any atom is 0.243 e. The molecule has 1 aromatic carbocycles. The Morgan fingerprint density at radius 2 is 2.10 bits per heavy atom. The second kappa shape index (κ2) is 6.05. The SMILES string of the molecule is Cc1ccc(CN)cc1S(=O)(=O)N1CCSC(C)C1C. The van der Waals surface area contributed by atoms with Crippen LogP contribution in [-0.2, 0) is 16.6 Å². The van der Waals surface area contributed by atoms with Gasteiger partial charge in [-0.15, -0.1) is 0 Å². The Kier molecular flexibility index (Phi) is 4.79. The van der Waals surface area contributed by atoms with Crippen molar-refractivity contribution >= 4 is 21.8 Å². The number of sulfonamides is 1. The Labute approximate surface area is 125 Å². The summed E-state index contributed by atoms with van der Waals surface area (Å²) in [6.45, 7) is 6.83. The van der Waals surface area contributed by atoms with E-state index in [2.05, 4.69) is 6.92 Å². The first kappa shape index (κ1) is 15.8. The van der Waals surface area contributed by atoms with E-state index >= 15 is 0 Å². The minimum Gasteiger partial charge on any atom is -0.326 e. The van der Waals surface area contributed by atoms with E-state index in [1.54, 1.807) is 10.4 Å². The lowest BCUT2D eigenvalue weighted by molar-refractivity contribution is 0.340. The maximum absolute atomic E-state index is 12.9. The van der Waals surface area contributed by atoms with Gasteiger partial charge >= 0.3 is 0 Å². The van der Waals surface area contributed by atoms with E-state index in [0.717, 1.165) is 16.9 Å². The lowest BCUT2D eigenvalue weighted by atomic mass is 10.1. The maximum atomic E-state index is 12.9. The first-order chi connectivity index (χ1) is 9.37. The Morgan fingerprint density at radius 1 is 1.40 bits per heavy atom. The van der Waals surface area contributed by atoms with Gasteiger partial charge < -0.3 is 5.73 Å². The number of thioether (sulfide) groups is 1. The largest absolute Gasteiger partial charge is 0.326 e. The van der Waals surface area contributed by atoms with Crippen LogP contribution in [-0.4, -0.2) is 36.3 Å². The van der Waals surface area contributed by atoms with Gasteiger partial charge in [-0.2, -0.15) is 16.1 Å². The molecule has 2 N–H and O–H groups in total. The van der Waals surface area contributed by atoms with E-state index in [9.17, 15) is 8.42 Å². The Hall–Kier alpha value is -0.560. The fraction of sp³-hybridized carbons (Fsp3) is 0.571. The highest BCUT2D eigenvalue weighted by Gasteiger charge is 2.35. The molecule has 6 heteroatoms. The number of hydrogen-bond acceptors (Lipinski definition) is 4. The van der Waals surface area contributed by atoms with Gasteiger partial charge in [0.1, 0.15) is 0 Å². The Morgan fingerprint density at radius 3 is 2.75 bits per heavy atom. The van der Waals surface area contributed by atoms with E-state index in [4.69, 9.17) is 5.73 Å². The molecule has 1 heterocycles. The number of benzene rings is 1. The van der Waals surface area contributed by atoms with Gasteiger partial charge in [0.05, 0.1) is 4.90 Å². The fourth-order valence-corrected chi connectivity index (χ4v) is 5.69. The molecule has 1 aromatic rings. The molecular weight excluding hydrogens is 292 g/mol. The van der Waals surface area contributed by atoms with E-state index < -0.39 is 10.0 Å². The van der Waals surface area contributed by atoms with Crippen molar-refractivity contribution in [2.45, 2.75) is 43.5 Å². The molecule has 0 aromatic heterocycles. The fourth-order valence-electron chi connectivity index (χ4n) is 2.42. The summed E-state index contributed by atoms with van der Waals surface area (Å²) in [6, 6.07) is 5.44. The second-order valence-corrected chi connectivity index (χ2v) is 8.58. The van der Waals surface area contributed by atoms with E-state index in [1.165, 1.54) is 0 Å². The van der Waals surface area contributed by atoms with Crippen molar-refractivity contribution < 1.29 is 8.42 Å². The third-order valence-corrected chi connectivity index (χ3v) is 7.37. The van der Waals surface area contributed by atoms with Crippen LogP contribution in [0.2, 0.25) is 0 Å². The third-order valence-electron chi connectivity index (χ3n) is 3.90. The van der Waals surface area contributed by atoms with Crippen LogP contribution >= 0.6 is 11.8 Å². The minimum absolute atomic E-state index is 0.0136. The number of aryl methyl sites for hydroxylation is 1. The number of nitrogens with two attached hydrogens (primary N) is 1. The molecule has 0 amide bonds. The van der Waals surface area contributed by atoms with Crippen LogP contribution in [0, 0.1) is 6.92 Å². The van der Waals surface area contributed by atoms with E-state index in [1.807, 2.05) is 37.7 Å². The summed E-state index contributed by atoms with van der Waals surface area (Å²) < 4.78 is 27.5. The van der Waals surface area contributed by atoms with Gasteiger partial charge in [-0.05, 0) is 31.0 Å². The molecule has 2 rings (SSSR count). The van der Waals surface area contributed by atoms with Crippen LogP contribution in [0.5, 0.6) is 0 Å². The predicted octanol–water partition coefficient (Wildman–Crippen LogP) is 1.97. The van der Waals surface area contributed by atoms with Gasteiger partial charge in [0.2, 0.25) is 10.0 Å². The van der Waals surface area contributed by atoms with E-state index in [0.29, 0.717) is 23.2 Å². The zero-order chi connectivity index (χ0) is 14.9. The molecule has 0 bridgehead atoms. The zero-order valence-electron chi connectivity index (χ0n) is 12.2. The highest BCUT2D eigenvalue weighted by molar-refractivity contribution is 8.00. The van der Waals surface area contributed by atoms with Gasteiger partial charge in [0, 0.05) is 30.1 Å². The van der Waals surface area contributed by atoms with Crippen LogP contribution in [0.1, 0.15) is 25.0 Å². The van der Waals surface area contributed by atoms with Gasteiger partial charge in [-0.1, -0.05) is 19.1 Å². The summed E-state index contributed by atoms with van der Waals surface area (Å²) >= 11 is 1.83. The molecule has 2 unspecified atom stereocenters. The monoisotopic (exact) mass is 314 g/mol. The average molecular weight is 314 g/mol. The van der Waals surface area contributed by atoms with Gasteiger partial charge in [-0.25, -0.2) is 8.42 Å². The van der Waals surface area contributed by atoms with Crippen molar-refractivity contribution in [3.05, 3.63) is 29.3 Å². The molecule has 1 aliphatic heterocycles. The quantitative estimate of drug-likeness (QED) is 0.926. The summed E-state index contributed by atoms with van der Waals surface area (Å²) in [7, 11) is -3.44. The first-order valence-electron chi connectivity index (χ1n) is 6.81. The topological polar surface area (TPSA) is 63.4 Å². The van der Waals surface area contributed by atoms with Crippen LogP contribution in [0.15, 0.2) is 23.1 Å². The molecule has 2 atom stereocenters. The summed E-state index contributed by atoms with van der Waals surface area (Å²) in [5.74, 6) is 0.848. The van der Waals surface area contributed by atoms with E-state index in [-0.39, 0.29) is 6.04 Å². The molecule has 0 radical (unpaired) electrons. The highest BCUT2D eigenvalue weighted by Crippen LogP contribution is 2.30. The second-order valence-electron chi connectivity index (χ2n) is 5.24. The van der Waals surface area contributed by atoms with Crippen LogP contribution in [0.3, 0.4) is 0 Å². The summed E-state index contributed by atoms with van der Waals surface area (Å²) in [4.78, 5) is 0.395. The minimum atomic E-state index is -3.44. The van der Waals surface area contributed by atoms with Gasteiger partial charge in [0.25, 0.3) is 0 Å². The molecule has 1 aliphatic rings. The lowest BCUT2D eigenvalue weighted by Gasteiger charge is -2.36. The molecule has 4 nitrogen and oxygen atoms in total. The Balaban J connectivity index is 2.44. The highest BCUT2D eigenvalue weighted by atomic mass is 32.2. The summed E-state index contributed by atoms with van der Waals surface area (Å²) in [5, 5.41) is 0.316. The Bertz CT molecular complexity index is 587. The standard InChI is InChI=1S/C14H22N2O2S2/c1-10-4-5-13(9-15)8-14(10)20(17,18)16-6-7-19-12(3)11(16)2/h4-5,8,11-12H,6-7,9,15H2,1-3H3. The molecule has 1 saturated heterocycles. The number of nitrogens with zero attached hydrogens (tertiary/aromatic N) is 1. The molecule has 1 fully saturated rings. The molecule has 0 saturated carbocycles. The lowest BCUT2D eigenvalue weighted by Crippen LogP contribution is -2.47. The molecular formula is C14H22N2O2S2. The molecule has 0 aliphatic carbocycles. The van der Waals surface area contributed by atoms with Crippen LogP contribution in [0.25, 0.3) is 0 Å². The van der Waals surface area contributed by atoms with Crippen LogP contribution < -0.4 is 5.73 Å². The predicted molar refractivity (Wildman–Crippen MR) is 84.3 cm³/mol. The van der Waals surface area contributed by atoms with Crippen molar-refractivity contribution in [3.8, 4) is 0 Å². The van der Waals surface area contributed by atoms with Gasteiger partial charge in [-0.3, -0.25) is 0 Å². The summed E-state index contributed by atoms with van der Waals surface area (Å²) in [5.41, 5.74) is 7.25. The molecule has 0 spiro atoms. The normalized spacial score (nSPS) is 24.8. The van der Waals surface area contributed by atoms with Crippen molar-refractivity contribution in [2.24, 2.45) is 5.73 Å². The van der Waals surface area contributed by atoms with Crippen molar-refractivity contribution in [1.82, 2.24) is 4.31 Å². The van der Waals surface area contributed by atoms with Crippen molar-refractivity contribution in [3.63, 3.8) is 0 Å². The van der Waals surface area contributed by atoms with Crippen molar-refractivity contribution in [1.29, 1.82) is 0 Å². The van der Waals surface area contributed by atoms with Crippen molar-refractivity contribution in [2.75, 3.05) is 12.3 Å². The smallest absolute Gasteiger partial charge is 0.243 e. The average Bonchev–Trinajstić information content (AvgIpc) is 2.42. The molecule has 112 valence electrons. The number of hydrogen-bond donors (Lipinski definition) is 1. The van der Waals surface area contributed by atoms with Crippen LogP contribution in [0.4, 0.5) is 0 Å². The zero-order valence-corrected chi connectivity index (χ0v) is 13.8. The summed E-state index contributed by atoms with van der Waals surface area (Å²) in [6.07, 6.45) is 0. The van der Waals surface area contributed by atoms with Gasteiger partial charge in [0.15, 0.2) is 0 Å². The number of rotatable bonds is 3.